The van der Waals surface area contributed by atoms with E-state index in [2.05, 4.69) is 38.1 Å². The van der Waals surface area contributed by atoms with Crippen LogP contribution in [0.1, 0.15) is 11.1 Å². The molecule has 0 N–H and O–H groups in total. The lowest BCUT2D eigenvalue weighted by Gasteiger charge is -1.93. The van der Waals surface area contributed by atoms with E-state index in [0.29, 0.717) is 0 Å². The van der Waals surface area contributed by atoms with Crippen LogP contribution in [0.15, 0.2) is 24.3 Å². The number of hydrogen-bond donors (Lipinski definition) is 0. The molecule has 0 atom stereocenters. The molecule has 1 heteroatoms. The average molecular weight is 140 g/mol. The lowest BCUT2D eigenvalue weighted by molar-refractivity contribution is 1.34. The number of aryl methyl sites for hydroxylation is 2. The predicted molar refractivity (Wildman–Crippen MR) is 46.3 cm³/mol. The van der Waals surface area contributed by atoms with Gasteiger partial charge in [-0.25, -0.2) is 0 Å². The van der Waals surface area contributed by atoms with Gasteiger partial charge in [-0.3, -0.25) is 0 Å². The van der Waals surface area contributed by atoms with Gasteiger partial charge in [-0.05, 0) is 25.0 Å². The van der Waals surface area contributed by atoms with E-state index in [1.807, 2.05) is 0 Å². The summed E-state index contributed by atoms with van der Waals surface area (Å²) in [5, 5.41) is 0. The topological polar surface area (TPSA) is 0 Å². The SMILES string of the molecule is Cc1ccccc1C.S. The van der Waals surface area contributed by atoms with Crippen LogP contribution in [-0.2, 0) is 0 Å². The summed E-state index contributed by atoms with van der Waals surface area (Å²) in [4.78, 5) is 0. The molecule has 9 heavy (non-hydrogen) atoms. The van der Waals surface area contributed by atoms with Gasteiger partial charge in [0.05, 0.1) is 0 Å². The maximum Gasteiger partial charge on any atom is -0.0395 e. The van der Waals surface area contributed by atoms with E-state index in [1.165, 1.54) is 11.1 Å². The molecule has 0 radical (unpaired) electrons. The molecule has 1 rings (SSSR count). The largest absolute Gasteiger partial charge is 0.197 e. The predicted octanol–water partition coefficient (Wildman–Crippen LogP) is 2.42. The lowest BCUT2D eigenvalue weighted by atomic mass is 10.1. The monoisotopic (exact) mass is 140 g/mol. The zero-order valence-electron chi connectivity index (χ0n) is 5.81. The highest BCUT2D eigenvalue weighted by Gasteiger charge is 1.83. The van der Waals surface area contributed by atoms with E-state index in [-0.39, 0.29) is 13.5 Å². The molecule has 0 saturated carbocycles. The molecule has 0 bridgehead atoms. The Hall–Kier alpha value is -0.430. The maximum atomic E-state index is 2.12. The summed E-state index contributed by atoms with van der Waals surface area (Å²) in [6, 6.07) is 8.36. The Morgan fingerprint density at radius 3 is 1.44 bits per heavy atom. The fraction of sp³-hybridized carbons (Fsp3) is 0.250. The van der Waals surface area contributed by atoms with Crippen molar-refractivity contribution in [2.45, 2.75) is 13.8 Å². The summed E-state index contributed by atoms with van der Waals surface area (Å²) < 4.78 is 0. The van der Waals surface area contributed by atoms with E-state index >= 15 is 0 Å². The summed E-state index contributed by atoms with van der Waals surface area (Å²) in [6.07, 6.45) is 0. The molecule has 0 unspecified atom stereocenters. The molecule has 0 aliphatic heterocycles. The second-order valence-electron chi connectivity index (χ2n) is 2.08. The molecule has 0 spiro atoms. The van der Waals surface area contributed by atoms with Gasteiger partial charge in [0, 0.05) is 0 Å². The number of hydrogen-bond acceptors (Lipinski definition) is 0. The van der Waals surface area contributed by atoms with E-state index in [4.69, 9.17) is 0 Å². The van der Waals surface area contributed by atoms with Crippen LogP contribution in [0, 0.1) is 13.8 Å². The second kappa shape index (κ2) is 3.57. The molecule has 0 aliphatic rings. The van der Waals surface area contributed by atoms with Gasteiger partial charge in [-0.1, -0.05) is 24.3 Å². The Balaban J connectivity index is 0.000000640. The summed E-state index contributed by atoms with van der Waals surface area (Å²) in [7, 11) is 0. The summed E-state index contributed by atoms with van der Waals surface area (Å²) in [6.45, 7) is 4.24. The van der Waals surface area contributed by atoms with Crippen molar-refractivity contribution < 1.29 is 0 Å². The molecule has 0 heterocycles. The number of benzene rings is 1. The minimum atomic E-state index is 0. The van der Waals surface area contributed by atoms with E-state index in [9.17, 15) is 0 Å². The van der Waals surface area contributed by atoms with Crippen LogP contribution in [-0.4, -0.2) is 0 Å². The van der Waals surface area contributed by atoms with Crippen molar-refractivity contribution in [2.24, 2.45) is 0 Å². The summed E-state index contributed by atoms with van der Waals surface area (Å²) in [5.41, 5.74) is 2.74. The van der Waals surface area contributed by atoms with Crippen LogP contribution in [0.3, 0.4) is 0 Å². The van der Waals surface area contributed by atoms with Gasteiger partial charge in [0.2, 0.25) is 0 Å². The van der Waals surface area contributed by atoms with Crippen molar-refractivity contribution in [2.75, 3.05) is 0 Å². The van der Waals surface area contributed by atoms with Gasteiger partial charge in [-0.2, -0.15) is 13.5 Å². The third-order valence-electron chi connectivity index (χ3n) is 1.43. The Kier molecular flexibility index (Phi) is 3.40. The van der Waals surface area contributed by atoms with E-state index < -0.39 is 0 Å². The van der Waals surface area contributed by atoms with Crippen molar-refractivity contribution in [1.82, 2.24) is 0 Å². The maximum absolute atomic E-state index is 2.12. The Bertz CT molecular complexity index is 161. The minimum Gasteiger partial charge on any atom is -0.197 e. The van der Waals surface area contributed by atoms with Crippen LogP contribution >= 0.6 is 13.5 Å². The molecule has 1 aromatic carbocycles. The van der Waals surface area contributed by atoms with Gasteiger partial charge >= 0.3 is 0 Å². The van der Waals surface area contributed by atoms with Crippen molar-refractivity contribution >= 4 is 13.5 Å². The highest BCUT2D eigenvalue weighted by molar-refractivity contribution is 7.59. The van der Waals surface area contributed by atoms with Gasteiger partial charge in [-0.15, -0.1) is 0 Å². The standard InChI is InChI=1S/C8H10.H2S/c1-7-5-3-4-6-8(7)2;/h3-6H,1-2H3;1H2. The van der Waals surface area contributed by atoms with Gasteiger partial charge in [0.25, 0.3) is 0 Å². The van der Waals surface area contributed by atoms with Crippen LogP contribution in [0.25, 0.3) is 0 Å². The minimum absolute atomic E-state index is 0. The third kappa shape index (κ3) is 2.10. The van der Waals surface area contributed by atoms with E-state index in [1.54, 1.807) is 0 Å². The van der Waals surface area contributed by atoms with Crippen molar-refractivity contribution in [3.63, 3.8) is 0 Å². The molecule has 1 aromatic rings. The quantitative estimate of drug-likeness (QED) is 0.519. The fourth-order valence-electron chi connectivity index (χ4n) is 0.663. The third-order valence-corrected chi connectivity index (χ3v) is 1.43. The zero-order chi connectivity index (χ0) is 5.98. The molecule has 0 fully saturated rings. The fourth-order valence-corrected chi connectivity index (χ4v) is 0.663. The number of rotatable bonds is 0. The second-order valence-corrected chi connectivity index (χ2v) is 2.08. The van der Waals surface area contributed by atoms with Crippen LogP contribution < -0.4 is 0 Å². The lowest BCUT2D eigenvalue weighted by Crippen LogP contribution is -1.74. The van der Waals surface area contributed by atoms with Gasteiger partial charge in [0.1, 0.15) is 0 Å². The Morgan fingerprint density at radius 2 is 1.22 bits per heavy atom. The molecule has 0 saturated heterocycles. The van der Waals surface area contributed by atoms with Crippen molar-refractivity contribution in [3.8, 4) is 0 Å². The molecular formula is C8H12S. The van der Waals surface area contributed by atoms with Crippen molar-refractivity contribution in [3.05, 3.63) is 35.4 Å². The average Bonchev–Trinajstić information content (AvgIpc) is 1.77. The smallest absolute Gasteiger partial charge is 0.0395 e. The van der Waals surface area contributed by atoms with E-state index in [0.717, 1.165) is 0 Å². The highest BCUT2D eigenvalue weighted by Crippen LogP contribution is 2.02. The molecule has 0 nitrogen and oxygen atoms in total. The zero-order valence-corrected chi connectivity index (χ0v) is 6.81. The molecule has 50 valence electrons. The van der Waals surface area contributed by atoms with Gasteiger partial charge in [0.15, 0.2) is 0 Å². The first-order valence-electron chi connectivity index (χ1n) is 2.83. The van der Waals surface area contributed by atoms with Crippen molar-refractivity contribution in [1.29, 1.82) is 0 Å². The Morgan fingerprint density at radius 1 is 0.889 bits per heavy atom. The molecule has 0 aliphatic carbocycles. The molecule has 0 aromatic heterocycles. The Labute approximate surface area is 63.4 Å². The normalized spacial score (nSPS) is 8.22. The van der Waals surface area contributed by atoms with Gasteiger partial charge < -0.3 is 0 Å². The first-order valence-corrected chi connectivity index (χ1v) is 2.83. The highest BCUT2D eigenvalue weighted by atomic mass is 32.1. The first kappa shape index (κ1) is 8.57. The summed E-state index contributed by atoms with van der Waals surface area (Å²) in [5.74, 6) is 0. The van der Waals surface area contributed by atoms with Crippen LogP contribution in [0.4, 0.5) is 0 Å². The molecular weight excluding hydrogens is 128 g/mol. The first-order chi connectivity index (χ1) is 3.80. The van der Waals surface area contributed by atoms with Crippen LogP contribution in [0.5, 0.6) is 0 Å². The molecule has 0 amide bonds. The summed E-state index contributed by atoms with van der Waals surface area (Å²) >= 11 is 0. The van der Waals surface area contributed by atoms with Crippen LogP contribution in [0.2, 0.25) is 0 Å².